The number of carbonyl (C=O) groups excluding carboxylic acids is 2. The van der Waals surface area contributed by atoms with Gasteiger partial charge in [-0.05, 0) is 37.3 Å². The quantitative estimate of drug-likeness (QED) is 0.732. The summed E-state index contributed by atoms with van der Waals surface area (Å²) in [4.78, 5) is 28.3. The summed E-state index contributed by atoms with van der Waals surface area (Å²) in [6.45, 7) is 4.90. The van der Waals surface area contributed by atoms with Crippen molar-refractivity contribution in [1.29, 1.82) is 0 Å². The van der Waals surface area contributed by atoms with Gasteiger partial charge in [-0.25, -0.2) is 4.39 Å². The Hall–Kier alpha value is -2.77. The molecule has 0 spiro atoms. The van der Waals surface area contributed by atoms with Crippen molar-refractivity contribution in [2.24, 2.45) is 5.92 Å². The number of hydrogen-bond donors (Lipinski definition) is 1. The Labute approximate surface area is 160 Å². The third kappa shape index (κ3) is 5.37. The summed E-state index contributed by atoms with van der Waals surface area (Å²) in [5, 5.41) is 2.48. The Bertz CT molecular complexity index is 879. The molecule has 1 N–H and O–H groups in total. The van der Waals surface area contributed by atoms with E-state index in [1.165, 1.54) is 25.3 Å². The molecule has 1 amide bonds. The van der Waals surface area contributed by atoms with Crippen LogP contribution in [0.15, 0.2) is 36.5 Å². The molecule has 2 rings (SSSR count). The molecule has 0 bridgehead atoms. The molecular weight excluding hydrogens is 376 g/mol. The number of amides is 1. The highest BCUT2D eigenvalue weighted by molar-refractivity contribution is 5.94. The molecule has 1 heterocycles. The second-order valence-corrected chi connectivity index (χ2v) is 6.76. The summed E-state index contributed by atoms with van der Waals surface area (Å²) in [5.74, 6) is -1.67. The van der Waals surface area contributed by atoms with Crippen molar-refractivity contribution in [1.82, 2.24) is 10.3 Å². The monoisotopic (exact) mass is 396 g/mol. The van der Waals surface area contributed by atoms with E-state index in [0.717, 1.165) is 6.07 Å². The minimum absolute atomic E-state index is 0.0375. The summed E-state index contributed by atoms with van der Waals surface area (Å²) < 4.78 is 52.5. The number of carbonyl (C=O) groups is 2. The molecule has 28 heavy (non-hydrogen) atoms. The summed E-state index contributed by atoms with van der Waals surface area (Å²) >= 11 is 0. The van der Waals surface area contributed by atoms with Crippen LogP contribution in [0.25, 0.3) is 0 Å². The van der Waals surface area contributed by atoms with Crippen molar-refractivity contribution in [3.05, 3.63) is 64.7 Å². The van der Waals surface area contributed by atoms with E-state index < -0.39 is 29.5 Å². The van der Waals surface area contributed by atoms with Gasteiger partial charge in [0.2, 0.25) is 0 Å². The lowest BCUT2D eigenvalue weighted by Crippen LogP contribution is -2.28. The second-order valence-electron chi connectivity index (χ2n) is 6.76. The number of pyridine rings is 1. The number of rotatable bonds is 6. The van der Waals surface area contributed by atoms with Crippen LogP contribution in [-0.4, -0.2) is 16.7 Å². The third-order valence-electron chi connectivity index (χ3n) is 4.22. The van der Waals surface area contributed by atoms with Gasteiger partial charge in [0.05, 0.1) is 11.6 Å². The molecular formula is C20H20F4N2O2. The van der Waals surface area contributed by atoms with Gasteiger partial charge in [-0.15, -0.1) is 0 Å². The first kappa shape index (κ1) is 21.5. The van der Waals surface area contributed by atoms with Crippen LogP contribution in [-0.2, 0) is 17.4 Å². The Morgan fingerprint density at radius 1 is 1.11 bits per heavy atom. The normalized spacial score (nSPS) is 12.7. The van der Waals surface area contributed by atoms with Crippen molar-refractivity contribution in [3.8, 4) is 0 Å². The molecule has 0 aliphatic heterocycles. The van der Waals surface area contributed by atoms with Gasteiger partial charge in [-0.1, -0.05) is 13.8 Å². The fraction of sp³-hybridized carbons (Fsp3) is 0.350. The van der Waals surface area contributed by atoms with Crippen LogP contribution in [0, 0.1) is 11.7 Å². The molecule has 8 heteroatoms. The zero-order chi connectivity index (χ0) is 21.1. The predicted octanol–water partition coefficient (Wildman–Crippen LogP) is 4.50. The molecule has 1 aromatic carbocycles. The largest absolute Gasteiger partial charge is 0.416 e. The second kappa shape index (κ2) is 8.50. The summed E-state index contributed by atoms with van der Waals surface area (Å²) in [6, 6.07) is 3.90. The molecule has 1 aromatic heterocycles. The zero-order valence-corrected chi connectivity index (χ0v) is 15.6. The minimum Gasteiger partial charge on any atom is -0.345 e. The lowest BCUT2D eigenvalue weighted by Gasteiger charge is -2.17. The van der Waals surface area contributed by atoms with Crippen LogP contribution in [0.5, 0.6) is 0 Å². The van der Waals surface area contributed by atoms with Crippen molar-refractivity contribution < 1.29 is 27.2 Å². The van der Waals surface area contributed by atoms with E-state index >= 15 is 0 Å². The number of nitrogens with zero attached hydrogens (tertiary/aromatic N) is 1. The minimum atomic E-state index is -4.62. The van der Waals surface area contributed by atoms with Gasteiger partial charge in [0.15, 0.2) is 0 Å². The van der Waals surface area contributed by atoms with E-state index in [9.17, 15) is 27.2 Å². The lowest BCUT2D eigenvalue weighted by atomic mass is 10.0. The van der Waals surface area contributed by atoms with E-state index in [4.69, 9.17) is 0 Å². The number of alkyl halides is 3. The van der Waals surface area contributed by atoms with Gasteiger partial charge >= 0.3 is 6.18 Å². The van der Waals surface area contributed by atoms with Crippen LogP contribution >= 0.6 is 0 Å². The molecule has 0 aliphatic rings. The van der Waals surface area contributed by atoms with Gasteiger partial charge in [-0.2, -0.15) is 13.2 Å². The van der Waals surface area contributed by atoms with Gasteiger partial charge < -0.3 is 5.32 Å². The van der Waals surface area contributed by atoms with Crippen molar-refractivity contribution in [2.75, 3.05) is 0 Å². The van der Waals surface area contributed by atoms with Gasteiger partial charge in [0, 0.05) is 35.4 Å². The lowest BCUT2D eigenvalue weighted by molar-refractivity contribution is -0.137. The van der Waals surface area contributed by atoms with Gasteiger partial charge in [0.1, 0.15) is 11.6 Å². The van der Waals surface area contributed by atoms with Crippen LogP contribution in [0.3, 0.4) is 0 Å². The number of halogens is 4. The summed E-state index contributed by atoms with van der Waals surface area (Å²) in [6.07, 6.45) is -3.18. The fourth-order valence-corrected chi connectivity index (χ4v) is 2.51. The Morgan fingerprint density at radius 3 is 2.39 bits per heavy atom. The molecule has 0 saturated heterocycles. The average Bonchev–Trinajstić information content (AvgIpc) is 2.61. The number of Topliss-reactive ketones (excluding diaryl/α,β-unsaturated/α-hetero) is 1. The number of aromatic nitrogens is 1. The van der Waals surface area contributed by atoms with E-state index in [2.05, 4.69) is 10.3 Å². The summed E-state index contributed by atoms with van der Waals surface area (Å²) in [7, 11) is 0. The molecule has 0 radical (unpaired) electrons. The molecule has 2 aromatic rings. The maximum Gasteiger partial charge on any atom is 0.416 e. The number of hydrogen-bond acceptors (Lipinski definition) is 3. The van der Waals surface area contributed by atoms with Crippen molar-refractivity contribution >= 4 is 11.7 Å². The highest BCUT2D eigenvalue weighted by Crippen LogP contribution is 2.31. The molecule has 1 atom stereocenters. The van der Waals surface area contributed by atoms with E-state index in [0.29, 0.717) is 17.8 Å². The highest BCUT2D eigenvalue weighted by atomic mass is 19.4. The molecule has 1 unspecified atom stereocenters. The van der Waals surface area contributed by atoms with Crippen LogP contribution < -0.4 is 5.32 Å². The molecule has 150 valence electrons. The standard InChI is InChI=1S/C20H20F4N2O2/c1-11(2)18(27)10-15-8-13(6-7-25-15)19(28)26-12(3)16-9-14(20(22,23)24)4-5-17(16)21/h4-9,11-12H,10H2,1-3H3,(H,26,28). The topological polar surface area (TPSA) is 59.1 Å². The van der Waals surface area contributed by atoms with E-state index in [1.54, 1.807) is 13.8 Å². The number of ketones is 1. The molecule has 4 nitrogen and oxygen atoms in total. The zero-order valence-electron chi connectivity index (χ0n) is 15.6. The first-order valence-electron chi connectivity index (χ1n) is 8.64. The van der Waals surface area contributed by atoms with Crippen LogP contribution in [0.1, 0.15) is 54.0 Å². The maximum atomic E-state index is 14.0. The first-order valence-corrected chi connectivity index (χ1v) is 8.64. The van der Waals surface area contributed by atoms with Gasteiger partial charge in [-0.3, -0.25) is 14.6 Å². The van der Waals surface area contributed by atoms with Gasteiger partial charge in [0.25, 0.3) is 5.91 Å². The molecule has 0 fully saturated rings. The van der Waals surface area contributed by atoms with Crippen LogP contribution in [0.2, 0.25) is 0 Å². The Morgan fingerprint density at radius 2 is 1.79 bits per heavy atom. The molecule has 0 saturated carbocycles. The maximum absolute atomic E-state index is 14.0. The predicted molar refractivity (Wildman–Crippen MR) is 95.1 cm³/mol. The van der Waals surface area contributed by atoms with Crippen LogP contribution in [0.4, 0.5) is 17.6 Å². The number of benzene rings is 1. The van der Waals surface area contributed by atoms with E-state index in [1.807, 2.05) is 0 Å². The molecule has 0 aliphatic carbocycles. The Kier molecular flexibility index (Phi) is 6.53. The highest BCUT2D eigenvalue weighted by Gasteiger charge is 2.31. The average molecular weight is 396 g/mol. The third-order valence-corrected chi connectivity index (χ3v) is 4.22. The summed E-state index contributed by atoms with van der Waals surface area (Å²) in [5.41, 5.74) is -0.680. The van der Waals surface area contributed by atoms with Crippen molar-refractivity contribution in [3.63, 3.8) is 0 Å². The smallest absolute Gasteiger partial charge is 0.345 e. The SMILES string of the molecule is CC(C)C(=O)Cc1cc(C(=O)NC(C)c2cc(C(F)(F)F)ccc2F)ccn1. The van der Waals surface area contributed by atoms with E-state index in [-0.39, 0.29) is 29.2 Å². The Balaban J connectivity index is 2.18. The first-order chi connectivity index (χ1) is 13.0. The van der Waals surface area contributed by atoms with Crippen molar-refractivity contribution in [2.45, 2.75) is 39.4 Å². The number of nitrogens with one attached hydrogen (secondary N) is 1. The fourth-order valence-electron chi connectivity index (χ4n) is 2.51.